The second-order valence-corrected chi connectivity index (χ2v) is 7.48. The lowest BCUT2D eigenvalue weighted by Gasteiger charge is -2.32. The summed E-state index contributed by atoms with van der Waals surface area (Å²) in [5.74, 6) is 0.332. The van der Waals surface area contributed by atoms with Gasteiger partial charge in [-0.15, -0.1) is 0 Å². The quantitative estimate of drug-likeness (QED) is 0.832. The number of halogens is 1. The van der Waals surface area contributed by atoms with Gasteiger partial charge >= 0.3 is 0 Å². The maximum Gasteiger partial charge on any atom is 0.236 e. The van der Waals surface area contributed by atoms with Crippen molar-refractivity contribution in [3.63, 3.8) is 0 Å². The molecule has 0 aliphatic carbocycles. The Morgan fingerprint density at radius 3 is 2.63 bits per heavy atom. The van der Waals surface area contributed by atoms with Crippen molar-refractivity contribution in [2.24, 2.45) is 0 Å². The first kappa shape index (κ1) is 18.0. The van der Waals surface area contributed by atoms with Gasteiger partial charge in [0.25, 0.3) is 0 Å². The van der Waals surface area contributed by atoms with E-state index in [1.807, 2.05) is 17.2 Å². The molecule has 5 nitrogen and oxygen atoms in total. The van der Waals surface area contributed by atoms with Crippen molar-refractivity contribution < 1.29 is 9.18 Å². The molecule has 2 aromatic rings. The summed E-state index contributed by atoms with van der Waals surface area (Å²) in [5.41, 5.74) is 2.42. The highest BCUT2D eigenvalue weighted by Crippen LogP contribution is 2.28. The number of benzene rings is 1. The molecule has 1 amide bonds. The van der Waals surface area contributed by atoms with E-state index in [4.69, 9.17) is 4.98 Å². The second-order valence-electron chi connectivity index (χ2n) is 7.48. The summed E-state index contributed by atoms with van der Waals surface area (Å²) < 4.78 is 13.5. The average Bonchev–Trinajstić information content (AvgIpc) is 3.24. The summed E-state index contributed by atoms with van der Waals surface area (Å²) in [4.78, 5) is 25.6. The van der Waals surface area contributed by atoms with Crippen LogP contribution in [0.5, 0.6) is 0 Å². The number of hydrogen-bond donors (Lipinski definition) is 0. The first-order valence-electron chi connectivity index (χ1n) is 9.77. The van der Waals surface area contributed by atoms with Crippen molar-refractivity contribution in [1.82, 2.24) is 19.8 Å². The van der Waals surface area contributed by atoms with E-state index in [1.54, 1.807) is 12.3 Å². The van der Waals surface area contributed by atoms with E-state index in [-0.39, 0.29) is 11.7 Å². The van der Waals surface area contributed by atoms with E-state index in [9.17, 15) is 9.18 Å². The van der Waals surface area contributed by atoms with Gasteiger partial charge in [-0.3, -0.25) is 14.7 Å². The molecule has 0 atom stereocenters. The lowest BCUT2D eigenvalue weighted by Crippen LogP contribution is -2.42. The van der Waals surface area contributed by atoms with Gasteiger partial charge < -0.3 is 4.90 Å². The van der Waals surface area contributed by atoms with Crippen LogP contribution in [0.4, 0.5) is 4.39 Å². The SMILES string of the molecule is O=C(CN1CCC(c2cncc(-c3cccc(F)c3)n2)CC1)N1CCCC1. The predicted octanol–water partition coefficient (Wildman–Crippen LogP) is 3.08. The Labute approximate surface area is 159 Å². The molecule has 0 N–H and O–H groups in total. The Hall–Kier alpha value is -2.34. The minimum absolute atomic E-state index is 0.263. The molecule has 27 heavy (non-hydrogen) atoms. The third-order valence-corrected chi connectivity index (χ3v) is 5.60. The van der Waals surface area contributed by atoms with E-state index in [0.29, 0.717) is 18.2 Å². The van der Waals surface area contributed by atoms with Crippen LogP contribution in [0.1, 0.15) is 37.3 Å². The molecule has 6 heteroatoms. The number of carbonyl (C=O) groups excluding carboxylic acids is 1. The Morgan fingerprint density at radius 1 is 1.11 bits per heavy atom. The fraction of sp³-hybridized carbons (Fsp3) is 0.476. The molecule has 2 saturated heterocycles. The summed E-state index contributed by atoms with van der Waals surface area (Å²) in [7, 11) is 0. The number of likely N-dealkylation sites (tertiary alicyclic amines) is 2. The average molecular weight is 368 g/mol. The lowest BCUT2D eigenvalue weighted by atomic mass is 9.93. The van der Waals surface area contributed by atoms with Gasteiger partial charge in [-0.25, -0.2) is 9.37 Å². The Balaban J connectivity index is 1.37. The number of nitrogens with zero attached hydrogens (tertiary/aromatic N) is 4. The van der Waals surface area contributed by atoms with Crippen molar-refractivity contribution in [3.05, 3.63) is 48.2 Å². The van der Waals surface area contributed by atoms with E-state index >= 15 is 0 Å². The molecular weight excluding hydrogens is 343 g/mol. The van der Waals surface area contributed by atoms with Crippen LogP contribution < -0.4 is 0 Å². The van der Waals surface area contributed by atoms with Crippen molar-refractivity contribution in [2.45, 2.75) is 31.6 Å². The van der Waals surface area contributed by atoms with Crippen molar-refractivity contribution >= 4 is 5.91 Å². The van der Waals surface area contributed by atoms with Crippen LogP contribution in [-0.2, 0) is 4.79 Å². The summed E-state index contributed by atoms with van der Waals surface area (Å²) in [6.45, 7) is 4.16. The maximum absolute atomic E-state index is 13.5. The van der Waals surface area contributed by atoms with Gasteiger partial charge in [-0.1, -0.05) is 12.1 Å². The predicted molar refractivity (Wildman–Crippen MR) is 102 cm³/mol. The van der Waals surface area contributed by atoms with Gasteiger partial charge in [0.1, 0.15) is 5.82 Å². The molecule has 1 aromatic heterocycles. The van der Waals surface area contributed by atoms with Crippen LogP contribution >= 0.6 is 0 Å². The Morgan fingerprint density at radius 2 is 1.89 bits per heavy atom. The zero-order chi connectivity index (χ0) is 18.6. The lowest BCUT2D eigenvalue weighted by molar-refractivity contribution is -0.131. The number of hydrogen-bond acceptors (Lipinski definition) is 4. The molecule has 2 aliphatic heterocycles. The smallest absolute Gasteiger partial charge is 0.236 e. The highest BCUT2D eigenvalue weighted by Gasteiger charge is 2.26. The number of amides is 1. The minimum atomic E-state index is -0.268. The van der Waals surface area contributed by atoms with E-state index in [2.05, 4.69) is 9.88 Å². The fourth-order valence-electron chi connectivity index (χ4n) is 4.01. The summed E-state index contributed by atoms with van der Waals surface area (Å²) in [6.07, 6.45) is 7.70. The van der Waals surface area contributed by atoms with Crippen LogP contribution in [0.15, 0.2) is 36.7 Å². The van der Waals surface area contributed by atoms with Crippen LogP contribution in [0.2, 0.25) is 0 Å². The highest BCUT2D eigenvalue weighted by atomic mass is 19.1. The zero-order valence-corrected chi connectivity index (χ0v) is 15.5. The van der Waals surface area contributed by atoms with E-state index in [0.717, 1.165) is 63.1 Å². The Bertz CT molecular complexity index is 798. The normalized spacial score (nSPS) is 18.8. The molecular formula is C21H25FN4O. The van der Waals surface area contributed by atoms with Crippen molar-refractivity contribution in [2.75, 3.05) is 32.7 Å². The largest absolute Gasteiger partial charge is 0.342 e. The fourth-order valence-corrected chi connectivity index (χ4v) is 4.01. The van der Waals surface area contributed by atoms with Crippen LogP contribution in [-0.4, -0.2) is 58.4 Å². The minimum Gasteiger partial charge on any atom is -0.342 e. The molecule has 4 rings (SSSR count). The second kappa shape index (κ2) is 8.13. The summed E-state index contributed by atoms with van der Waals surface area (Å²) in [5, 5.41) is 0. The first-order chi connectivity index (χ1) is 13.2. The molecule has 142 valence electrons. The molecule has 3 heterocycles. The van der Waals surface area contributed by atoms with Gasteiger partial charge in [0.2, 0.25) is 5.91 Å². The molecule has 0 saturated carbocycles. The molecule has 1 aromatic carbocycles. The first-order valence-corrected chi connectivity index (χ1v) is 9.77. The van der Waals surface area contributed by atoms with Crippen LogP contribution in [0.3, 0.4) is 0 Å². The number of piperidine rings is 1. The topological polar surface area (TPSA) is 49.3 Å². The maximum atomic E-state index is 13.5. The third kappa shape index (κ3) is 4.33. The highest BCUT2D eigenvalue weighted by molar-refractivity contribution is 5.78. The number of carbonyl (C=O) groups is 1. The molecule has 2 fully saturated rings. The summed E-state index contributed by atoms with van der Waals surface area (Å²) >= 11 is 0. The molecule has 2 aliphatic rings. The Kier molecular flexibility index (Phi) is 5.43. The van der Waals surface area contributed by atoms with E-state index < -0.39 is 0 Å². The van der Waals surface area contributed by atoms with Gasteiger partial charge in [0.15, 0.2) is 0 Å². The molecule has 0 bridgehead atoms. The molecule has 0 radical (unpaired) electrons. The van der Waals surface area contributed by atoms with Gasteiger partial charge in [0, 0.05) is 30.8 Å². The molecule has 0 unspecified atom stereocenters. The number of rotatable bonds is 4. The van der Waals surface area contributed by atoms with Gasteiger partial charge in [-0.05, 0) is 50.9 Å². The zero-order valence-electron chi connectivity index (χ0n) is 15.5. The van der Waals surface area contributed by atoms with Crippen LogP contribution in [0, 0.1) is 5.82 Å². The van der Waals surface area contributed by atoms with Crippen molar-refractivity contribution in [3.8, 4) is 11.3 Å². The number of aromatic nitrogens is 2. The molecule has 0 spiro atoms. The van der Waals surface area contributed by atoms with E-state index in [1.165, 1.54) is 12.1 Å². The summed E-state index contributed by atoms with van der Waals surface area (Å²) in [6, 6.07) is 6.46. The standard InChI is InChI=1S/C21H25FN4O/c22-18-5-3-4-17(12-18)20-14-23-13-19(24-20)16-6-10-25(11-7-16)15-21(27)26-8-1-2-9-26/h3-5,12-14,16H,1-2,6-11,15H2. The van der Waals surface area contributed by atoms with Gasteiger partial charge in [-0.2, -0.15) is 0 Å². The van der Waals surface area contributed by atoms with Crippen LogP contribution in [0.25, 0.3) is 11.3 Å². The van der Waals surface area contributed by atoms with Crippen molar-refractivity contribution in [1.29, 1.82) is 0 Å². The monoisotopic (exact) mass is 368 g/mol. The van der Waals surface area contributed by atoms with Gasteiger partial charge in [0.05, 0.1) is 24.1 Å². The third-order valence-electron chi connectivity index (χ3n) is 5.60.